The van der Waals surface area contributed by atoms with Crippen molar-refractivity contribution >= 4 is 17.9 Å². The van der Waals surface area contributed by atoms with E-state index in [-0.39, 0.29) is 6.54 Å². The van der Waals surface area contributed by atoms with Crippen molar-refractivity contribution in [2.24, 2.45) is 7.05 Å². The maximum Gasteiger partial charge on any atom is 0.329 e. The molecule has 0 saturated heterocycles. The van der Waals surface area contributed by atoms with Crippen molar-refractivity contribution in [3.63, 3.8) is 0 Å². The minimum Gasteiger partial charge on any atom is -0.480 e. The fourth-order valence-corrected chi connectivity index (χ4v) is 1.17. The number of carbonyl (C=O) groups excluding carboxylic acids is 2. The van der Waals surface area contributed by atoms with E-state index < -0.39 is 31.1 Å². The summed E-state index contributed by atoms with van der Waals surface area (Å²) in [6.45, 7) is -0.914. The van der Waals surface area contributed by atoms with Crippen LogP contribution in [0.15, 0.2) is 12.3 Å². The first-order chi connectivity index (χ1) is 8.97. The number of hydrogen-bond donors (Lipinski definition) is 3. The lowest BCUT2D eigenvalue weighted by Crippen LogP contribution is -2.41. The van der Waals surface area contributed by atoms with Crippen molar-refractivity contribution < 1.29 is 24.2 Å². The Hall–Kier alpha value is -2.42. The summed E-state index contributed by atoms with van der Waals surface area (Å²) in [5.74, 6) is -1.91. The van der Waals surface area contributed by atoms with Gasteiger partial charge in [-0.1, -0.05) is 0 Å². The number of nitrogens with one attached hydrogen (secondary N) is 2. The summed E-state index contributed by atoms with van der Waals surface area (Å²) in [6, 6.07) is 1.02. The third-order valence-corrected chi connectivity index (χ3v) is 1.91. The third kappa shape index (κ3) is 6.17. The molecule has 0 radical (unpaired) electrons. The van der Waals surface area contributed by atoms with Crippen LogP contribution in [0, 0.1) is 0 Å². The highest BCUT2D eigenvalue weighted by molar-refractivity contribution is 5.94. The number of amides is 3. The summed E-state index contributed by atoms with van der Waals surface area (Å²) < 4.78 is 6.10. The number of urea groups is 1. The Morgan fingerprint density at radius 3 is 2.74 bits per heavy atom. The van der Waals surface area contributed by atoms with E-state index in [1.807, 2.05) is 5.32 Å². The van der Waals surface area contributed by atoms with Crippen LogP contribution >= 0.6 is 0 Å². The van der Waals surface area contributed by atoms with E-state index in [2.05, 4.69) is 15.2 Å². The van der Waals surface area contributed by atoms with Gasteiger partial charge in [0.15, 0.2) is 0 Å². The van der Waals surface area contributed by atoms with Gasteiger partial charge < -0.3 is 15.2 Å². The smallest absolute Gasteiger partial charge is 0.329 e. The van der Waals surface area contributed by atoms with Crippen molar-refractivity contribution in [1.82, 2.24) is 20.4 Å². The molecule has 0 aliphatic carbocycles. The van der Waals surface area contributed by atoms with E-state index in [0.29, 0.717) is 5.69 Å². The Kier molecular flexibility index (Phi) is 5.48. The number of ether oxygens (including phenoxy) is 1. The summed E-state index contributed by atoms with van der Waals surface area (Å²) in [5, 5.41) is 16.7. The third-order valence-electron chi connectivity index (χ3n) is 1.91. The van der Waals surface area contributed by atoms with E-state index in [1.165, 1.54) is 0 Å². The molecule has 0 aliphatic heterocycles. The normalized spacial score (nSPS) is 9.95. The monoisotopic (exact) mass is 270 g/mol. The van der Waals surface area contributed by atoms with Crippen LogP contribution in [0.2, 0.25) is 0 Å². The second-order valence-electron chi connectivity index (χ2n) is 3.60. The maximum absolute atomic E-state index is 11.3. The van der Waals surface area contributed by atoms with Gasteiger partial charge in [-0.05, 0) is 6.07 Å². The molecule has 9 heteroatoms. The minimum atomic E-state index is -1.19. The van der Waals surface area contributed by atoms with Crippen LogP contribution < -0.4 is 10.6 Å². The number of hydrogen-bond acceptors (Lipinski definition) is 5. The molecule has 0 spiro atoms. The van der Waals surface area contributed by atoms with Crippen LogP contribution in [-0.2, 0) is 27.9 Å². The Morgan fingerprint density at radius 1 is 1.42 bits per heavy atom. The largest absolute Gasteiger partial charge is 0.480 e. The number of rotatable bonds is 6. The molecule has 3 amide bonds. The van der Waals surface area contributed by atoms with Gasteiger partial charge >= 0.3 is 12.0 Å². The first-order valence-electron chi connectivity index (χ1n) is 5.33. The molecule has 3 N–H and O–H groups in total. The highest BCUT2D eigenvalue weighted by atomic mass is 16.5. The highest BCUT2D eigenvalue weighted by Crippen LogP contribution is 1.92. The molecule has 9 nitrogen and oxygen atoms in total. The number of imide groups is 1. The average molecular weight is 270 g/mol. The van der Waals surface area contributed by atoms with Crippen LogP contribution in [0.5, 0.6) is 0 Å². The quantitative estimate of drug-likeness (QED) is 0.599. The van der Waals surface area contributed by atoms with E-state index >= 15 is 0 Å². The Bertz CT molecular complexity index is 470. The number of aliphatic carboxylic acids is 1. The minimum absolute atomic E-state index is 0.177. The average Bonchev–Trinajstić information content (AvgIpc) is 2.72. The first-order valence-corrected chi connectivity index (χ1v) is 5.33. The van der Waals surface area contributed by atoms with Gasteiger partial charge in [0, 0.05) is 13.2 Å². The van der Waals surface area contributed by atoms with Gasteiger partial charge in [0.05, 0.1) is 12.2 Å². The fourth-order valence-electron chi connectivity index (χ4n) is 1.17. The molecule has 1 aromatic rings. The van der Waals surface area contributed by atoms with E-state index in [1.54, 1.807) is 24.0 Å². The SMILES string of the molecule is Cn1ccc(CNC(=O)NC(=O)COCC(=O)O)n1. The van der Waals surface area contributed by atoms with Crippen LogP contribution in [-0.4, -0.2) is 46.0 Å². The van der Waals surface area contributed by atoms with E-state index in [9.17, 15) is 14.4 Å². The molecule has 104 valence electrons. The van der Waals surface area contributed by atoms with Gasteiger partial charge in [0.1, 0.15) is 13.2 Å². The lowest BCUT2D eigenvalue weighted by atomic mass is 10.4. The molecule has 1 rings (SSSR count). The predicted octanol–water partition coefficient (Wildman–Crippen LogP) is -1.15. The second-order valence-corrected chi connectivity index (χ2v) is 3.60. The van der Waals surface area contributed by atoms with Crippen molar-refractivity contribution in [3.05, 3.63) is 18.0 Å². The number of aromatic nitrogens is 2. The van der Waals surface area contributed by atoms with Crippen molar-refractivity contribution in [1.29, 1.82) is 0 Å². The van der Waals surface area contributed by atoms with Gasteiger partial charge in [-0.3, -0.25) is 14.8 Å². The molecule has 0 unspecified atom stereocenters. The fraction of sp³-hybridized carbons (Fsp3) is 0.400. The lowest BCUT2D eigenvalue weighted by Gasteiger charge is -2.05. The topological polar surface area (TPSA) is 123 Å². The van der Waals surface area contributed by atoms with Crippen molar-refractivity contribution in [2.75, 3.05) is 13.2 Å². The molecule has 0 aromatic carbocycles. The second kappa shape index (κ2) is 7.11. The zero-order valence-corrected chi connectivity index (χ0v) is 10.3. The molecular weight excluding hydrogens is 256 g/mol. The Labute approximate surface area is 108 Å². The zero-order chi connectivity index (χ0) is 14.3. The summed E-state index contributed by atoms with van der Waals surface area (Å²) in [5.41, 5.74) is 0.646. The highest BCUT2D eigenvalue weighted by Gasteiger charge is 2.08. The van der Waals surface area contributed by atoms with E-state index in [0.717, 1.165) is 0 Å². The van der Waals surface area contributed by atoms with Crippen LogP contribution in [0.25, 0.3) is 0 Å². The summed E-state index contributed by atoms with van der Waals surface area (Å²) in [6.07, 6.45) is 1.72. The van der Waals surface area contributed by atoms with Crippen LogP contribution in [0.3, 0.4) is 0 Å². The molecule has 19 heavy (non-hydrogen) atoms. The predicted molar refractivity (Wildman–Crippen MR) is 62.0 cm³/mol. The van der Waals surface area contributed by atoms with E-state index in [4.69, 9.17) is 5.11 Å². The molecular formula is C10H14N4O5. The summed E-state index contributed by atoms with van der Waals surface area (Å²) in [7, 11) is 1.74. The van der Waals surface area contributed by atoms with Gasteiger partial charge in [0.25, 0.3) is 5.91 Å². The number of nitrogens with zero attached hydrogens (tertiary/aromatic N) is 2. The number of carboxylic acid groups (broad SMARTS) is 1. The van der Waals surface area contributed by atoms with Crippen molar-refractivity contribution in [2.45, 2.75) is 6.54 Å². The maximum atomic E-state index is 11.3. The zero-order valence-electron chi connectivity index (χ0n) is 10.3. The Morgan fingerprint density at radius 2 is 2.16 bits per heavy atom. The summed E-state index contributed by atoms with van der Waals surface area (Å²) in [4.78, 5) is 32.5. The van der Waals surface area contributed by atoms with Gasteiger partial charge in [-0.2, -0.15) is 5.10 Å². The molecule has 0 atom stereocenters. The summed E-state index contributed by atoms with van der Waals surface area (Å²) >= 11 is 0. The Balaban J connectivity index is 2.19. The lowest BCUT2D eigenvalue weighted by molar-refractivity contribution is -0.143. The molecule has 0 saturated carbocycles. The van der Waals surface area contributed by atoms with Crippen molar-refractivity contribution in [3.8, 4) is 0 Å². The molecule has 1 aromatic heterocycles. The molecule has 0 aliphatic rings. The van der Waals surface area contributed by atoms with Gasteiger partial charge in [0.2, 0.25) is 0 Å². The van der Waals surface area contributed by atoms with Gasteiger partial charge in [-0.25, -0.2) is 9.59 Å². The van der Waals surface area contributed by atoms with Gasteiger partial charge in [-0.15, -0.1) is 0 Å². The molecule has 0 bridgehead atoms. The van der Waals surface area contributed by atoms with Crippen LogP contribution in [0.1, 0.15) is 5.69 Å². The van der Waals surface area contributed by atoms with Crippen LogP contribution in [0.4, 0.5) is 4.79 Å². The number of carboxylic acids is 1. The first kappa shape index (κ1) is 14.6. The standard InChI is InChI=1S/C10H14N4O5/c1-14-3-2-7(13-14)4-11-10(18)12-8(15)5-19-6-9(16)17/h2-3H,4-6H2,1H3,(H,16,17)(H2,11,12,15,18). The number of carbonyl (C=O) groups is 3. The number of aryl methyl sites for hydroxylation is 1. The molecule has 0 fully saturated rings. The molecule has 1 heterocycles.